The third-order valence-electron chi connectivity index (χ3n) is 2.53. The highest BCUT2D eigenvalue weighted by atomic mass is 35.5. The van der Waals surface area contributed by atoms with Crippen LogP contribution in [0.4, 0.5) is 4.39 Å². The molecule has 0 aliphatic carbocycles. The number of hydrogen-bond acceptors (Lipinski definition) is 2. The topological polar surface area (TPSA) is 37.3 Å². The number of hydrogen-bond donors (Lipinski definition) is 1. The van der Waals surface area contributed by atoms with E-state index in [1.165, 1.54) is 13.0 Å². The summed E-state index contributed by atoms with van der Waals surface area (Å²) >= 11 is 5.63. The smallest absolute Gasteiger partial charge is 0.133 e. The summed E-state index contributed by atoms with van der Waals surface area (Å²) in [4.78, 5) is 11.3. The number of carbonyl (C=O) groups is 1. The summed E-state index contributed by atoms with van der Waals surface area (Å²) in [6.45, 7) is 1.38. The molecule has 0 spiro atoms. The van der Waals surface area contributed by atoms with Crippen LogP contribution >= 0.6 is 11.6 Å². The fourth-order valence-corrected chi connectivity index (χ4v) is 1.72. The first-order valence-corrected chi connectivity index (χ1v) is 5.47. The average molecular weight is 245 g/mol. The van der Waals surface area contributed by atoms with Crippen molar-refractivity contribution in [1.29, 1.82) is 0 Å². The van der Waals surface area contributed by atoms with E-state index in [9.17, 15) is 9.18 Å². The minimum Gasteiger partial charge on any atom is -0.396 e. The Balaban J connectivity index is 2.81. The second-order valence-corrected chi connectivity index (χ2v) is 4.20. The van der Waals surface area contributed by atoms with Crippen LogP contribution in [0.15, 0.2) is 18.2 Å². The third kappa shape index (κ3) is 3.58. The summed E-state index contributed by atoms with van der Waals surface area (Å²) in [6, 6.07) is 4.40. The highest BCUT2D eigenvalue weighted by Gasteiger charge is 2.16. The first-order valence-electron chi connectivity index (χ1n) is 5.10. The lowest BCUT2D eigenvalue weighted by molar-refractivity contribution is -0.121. The quantitative estimate of drug-likeness (QED) is 0.865. The van der Waals surface area contributed by atoms with Gasteiger partial charge in [-0.05, 0) is 37.5 Å². The number of benzene rings is 1. The zero-order valence-corrected chi connectivity index (χ0v) is 9.80. The van der Waals surface area contributed by atoms with Gasteiger partial charge in [-0.1, -0.05) is 17.7 Å². The van der Waals surface area contributed by atoms with E-state index in [4.69, 9.17) is 16.7 Å². The van der Waals surface area contributed by atoms with Gasteiger partial charge in [0.15, 0.2) is 0 Å². The van der Waals surface area contributed by atoms with Crippen LogP contribution in [0.1, 0.15) is 18.9 Å². The van der Waals surface area contributed by atoms with E-state index in [2.05, 4.69) is 0 Å². The molecule has 0 bridgehead atoms. The van der Waals surface area contributed by atoms with Gasteiger partial charge >= 0.3 is 0 Å². The molecule has 0 aliphatic rings. The predicted octanol–water partition coefficient (Wildman–Crippen LogP) is 2.61. The average Bonchev–Trinajstić information content (AvgIpc) is 2.20. The van der Waals surface area contributed by atoms with Crippen molar-refractivity contribution in [3.8, 4) is 0 Å². The normalized spacial score (nSPS) is 12.5. The van der Waals surface area contributed by atoms with Crippen molar-refractivity contribution >= 4 is 17.4 Å². The molecule has 16 heavy (non-hydrogen) atoms. The Labute approximate surface area is 99.0 Å². The third-order valence-corrected chi connectivity index (χ3v) is 2.77. The molecular weight excluding hydrogens is 231 g/mol. The molecule has 1 unspecified atom stereocenters. The van der Waals surface area contributed by atoms with E-state index in [-0.39, 0.29) is 18.3 Å². The monoisotopic (exact) mass is 244 g/mol. The number of aliphatic hydroxyl groups excluding tert-OH is 1. The van der Waals surface area contributed by atoms with E-state index >= 15 is 0 Å². The molecule has 1 N–H and O–H groups in total. The Morgan fingerprint density at radius 3 is 2.75 bits per heavy atom. The van der Waals surface area contributed by atoms with Crippen LogP contribution in [0.3, 0.4) is 0 Å². The number of Topliss-reactive ketones (excluding diaryl/α,β-unsaturated/α-hetero) is 1. The molecule has 0 saturated carbocycles. The van der Waals surface area contributed by atoms with Crippen LogP contribution in [0.25, 0.3) is 0 Å². The van der Waals surface area contributed by atoms with Crippen LogP contribution < -0.4 is 0 Å². The first kappa shape index (κ1) is 13.1. The summed E-state index contributed by atoms with van der Waals surface area (Å²) in [6.07, 6.45) is 0.663. The van der Waals surface area contributed by atoms with E-state index in [1.807, 2.05) is 0 Å². The maximum Gasteiger partial charge on any atom is 0.133 e. The van der Waals surface area contributed by atoms with Crippen LogP contribution in [0.5, 0.6) is 0 Å². The molecular formula is C12H14ClFO2. The van der Waals surface area contributed by atoms with Gasteiger partial charge in [0.2, 0.25) is 0 Å². The standard InChI is InChI=1S/C12H14ClFO2/c1-8(16)9(4-5-15)6-10-2-3-11(13)7-12(10)14/h2-3,7,9,15H,4-6H2,1H3. The summed E-state index contributed by atoms with van der Waals surface area (Å²) < 4.78 is 13.5. The van der Waals surface area contributed by atoms with Crippen molar-refractivity contribution in [2.45, 2.75) is 19.8 Å². The molecule has 1 aromatic rings. The van der Waals surface area contributed by atoms with Crippen LogP contribution in [-0.2, 0) is 11.2 Å². The molecule has 0 heterocycles. The van der Waals surface area contributed by atoms with Gasteiger partial charge in [-0.15, -0.1) is 0 Å². The van der Waals surface area contributed by atoms with E-state index < -0.39 is 5.82 Å². The number of carbonyl (C=O) groups excluding carboxylic acids is 1. The van der Waals surface area contributed by atoms with Gasteiger partial charge in [0.25, 0.3) is 0 Å². The zero-order valence-electron chi connectivity index (χ0n) is 9.04. The summed E-state index contributed by atoms with van der Waals surface area (Å²) in [5.74, 6) is -0.777. The van der Waals surface area contributed by atoms with Crippen molar-refractivity contribution in [3.05, 3.63) is 34.6 Å². The molecule has 0 saturated heterocycles. The minimum absolute atomic E-state index is 0.0385. The van der Waals surface area contributed by atoms with Gasteiger partial charge < -0.3 is 5.11 Å². The largest absolute Gasteiger partial charge is 0.396 e. The van der Waals surface area contributed by atoms with Crippen LogP contribution in [0.2, 0.25) is 5.02 Å². The fraction of sp³-hybridized carbons (Fsp3) is 0.417. The van der Waals surface area contributed by atoms with Gasteiger partial charge in [-0.25, -0.2) is 4.39 Å². The minimum atomic E-state index is -0.406. The Kier molecular flexibility index (Phi) is 4.90. The Morgan fingerprint density at radius 2 is 2.25 bits per heavy atom. The number of rotatable bonds is 5. The number of aliphatic hydroxyl groups is 1. The Hall–Kier alpha value is -0.930. The van der Waals surface area contributed by atoms with E-state index in [1.54, 1.807) is 12.1 Å². The highest BCUT2D eigenvalue weighted by molar-refractivity contribution is 6.30. The van der Waals surface area contributed by atoms with Crippen molar-refractivity contribution in [1.82, 2.24) is 0 Å². The number of halogens is 2. The molecule has 1 aromatic carbocycles. The molecule has 0 radical (unpaired) electrons. The lowest BCUT2D eigenvalue weighted by Gasteiger charge is -2.12. The Morgan fingerprint density at radius 1 is 1.56 bits per heavy atom. The summed E-state index contributed by atoms with van der Waals surface area (Å²) in [5.41, 5.74) is 0.457. The maximum atomic E-state index is 13.5. The van der Waals surface area contributed by atoms with E-state index in [0.717, 1.165) is 0 Å². The SMILES string of the molecule is CC(=O)C(CCO)Cc1ccc(Cl)cc1F. The lowest BCUT2D eigenvalue weighted by atomic mass is 9.93. The highest BCUT2D eigenvalue weighted by Crippen LogP contribution is 2.19. The molecule has 0 amide bonds. The molecule has 4 heteroatoms. The van der Waals surface area contributed by atoms with Crippen molar-refractivity contribution in [3.63, 3.8) is 0 Å². The molecule has 0 aromatic heterocycles. The molecule has 0 fully saturated rings. The van der Waals surface area contributed by atoms with Crippen molar-refractivity contribution < 1.29 is 14.3 Å². The molecule has 1 rings (SSSR count). The number of ketones is 1. The second kappa shape index (κ2) is 5.97. The molecule has 88 valence electrons. The first-order chi connectivity index (χ1) is 7.54. The van der Waals surface area contributed by atoms with Crippen LogP contribution in [-0.4, -0.2) is 17.5 Å². The van der Waals surface area contributed by atoms with Gasteiger partial charge in [0.05, 0.1) is 0 Å². The van der Waals surface area contributed by atoms with Gasteiger partial charge in [0, 0.05) is 17.5 Å². The fourth-order valence-electron chi connectivity index (χ4n) is 1.56. The maximum absolute atomic E-state index is 13.5. The van der Waals surface area contributed by atoms with Gasteiger partial charge in [0.1, 0.15) is 11.6 Å². The van der Waals surface area contributed by atoms with Crippen molar-refractivity contribution in [2.24, 2.45) is 5.92 Å². The summed E-state index contributed by atoms with van der Waals surface area (Å²) in [7, 11) is 0. The predicted molar refractivity (Wildman–Crippen MR) is 61.0 cm³/mol. The van der Waals surface area contributed by atoms with Gasteiger partial charge in [-0.2, -0.15) is 0 Å². The zero-order chi connectivity index (χ0) is 12.1. The van der Waals surface area contributed by atoms with Crippen LogP contribution in [0, 0.1) is 11.7 Å². The second-order valence-electron chi connectivity index (χ2n) is 3.76. The lowest BCUT2D eigenvalue weighted by Crippen LogP contribution is -2.16. The van der Waals surface area contributed by atoms with Crippen molar-refractivity contribution in [2.75, 3.05) is 6.61 Å². The molecule has 1 atom stereocenters. The molecule has 0 aliphatic heterocycles. The van der Waals surface area contributed by atoms with Gasteiger partial charge in [-0.3, -0.25) is 4.79 Å². The molecule has 2 nitrogen and oxygen atoms in total. The van der Waals surface area contributed by atoms with E-state index in [0.29, 0.717) is 23.4 Å². The Bertz CT molecular complexity index is 379. The summed E-state index contributed by atoms with van der Waals surface area (Å²) in [5, 5.41) is 9.15.